The minimum Gasteiger partial charge on any atom is -0.481 e. The molecule has 5 heteroatoms. The standard InChI is InChI=1S/C21H26N2O3/c1-2-21(20(25)26)12-15-10-11-18(21)23(15)19(24)9-5-6-14-13-22-17-8-4-3-7-16(14)17/h3-4,7-8,13,15,18,22H,2,5-6,9-12H2,1H3,(H,25,26)/t15-,18+,21+/m0/s1. The third kappa shape index (κ3) is 2.52. The lowest BCUT2D eigenvalue weighted by Crippen LogP contribution is -2.44. The SMILES string of the molecule is CC[C@@]1(C(=O)O)C[C@@H]2CC[C@H]1N2C(=O)CCCc1c[nH]c2ccccc12. The number of nitrogens with one attached hydrogen (secondary N) is 1. The van der Waals surface area contributed by atoms with E-state index in [4.69, 9.17) is 0 Å². The third-order valence-electron chi connectivity index (χ3n) is 6.60. The van der Waals surface area contributed by atoms with Gasteiger partial charge in [0.2, 0.25) is 5.91 Å². The molecule has 1 aromatic heterocycles. The van der Waals surface area contributed by atoms with Crippen LogP contribution in [0.1, 0.15) is 51.0 Å². The maximum atomic E-state index is 12.8. The predicted octanol–water partition coefficient (Wildman–Crippen LogP) is 3.73. The number of carboxylic acid groups (broad SMARTS) is 1. The molecule has 1 amide bonds. The largest absolute Gasteiger partial charge is 0.481 e. The Morgan fingerprint density at radius 2 is 2.12 bits per heavy atom. The molecular formula is C21H26N2O3. The van der Waals surface area contributed by atoms with Crippen LogP contribution in [0.2, 0.25) is 0 Å². The number of carboxylic acids is 1. The maximum Gasteiger partial charge on any atom is 0.311 e. The molecule has 2 aliphatic heterocycles. The summed E-state index contributed by atoms with van der Waals surface area (Å²) in [6.07, 6.45) is 7.18. The van der Waals surface area contributed by atoms with E-state index in [2.05, 4.69) is 17.1 Å². The van der Waals surface area contributed by atoms with Gasteiger partial charge >= 0.3 is 5.97 Å². The van der Waals surface area contributed by atoms with E-state index in [0.717, 1.165) is 31.2 Å². The average molecular weight is 354 g/mol. The Morgan fingerprint density at radius 3 is 2.85 bits per heavy atom. The molecule has 2 N–H and O–H groups in total. The first-order valence-corrected chi connectivity index (χ1v) is 9.66. The van der Waals surface area contributed by atoms with Gasteiger partial charge in [0.1, 0.15) is 0 Å². The maximum absolute atomic E-state index is 12.8. The first-order chi connectivity index (χ1) is 12.6. The van der Waals surface area contributed by atoms with Gasteiger partial charge in [-0.15, -0.1) is 0 Å². The van der Waals surface area contributed by atoms with Crippen molar-refractivity contribution in [1.29, 1.82) is 0 Å². The van der Waals surface area contributed by atoms with Crippen LogP contribution in [0.3, 0.4) is 0 Å². The van der Waals surface area contributed by atoms with Gasteiger partial charge in [0.15, 0.2) is 0 Å². The van der Waals surface area contributed by atoms with Gasteiger partial charge < -0.3 is 15.0 Å². The number of H-pyrrole nitrogens is 1. The first-order valence-electron chi connectivity index (χ1n) is 9.66. The van der Waals surface area contributed by atoms with Crippen LogP contribution < -0.4 is 0 Å². The zero-order chi connectivity index (χ0) is 18.3. The number of rotatable bonds is 6. The molecule has 0 radical (unpaired) electrons. The van der Waals surface area contributed by atoms with Gasteiger partial charge in [0, 0.05) is 35.6 Å². The summed E-state index contributed by atoms with van der Waals surface area (Å²) in [6.45, 7) is 1.94. The number of aryl methyl sites for hydroxylation is 1. The molecule has 26 heavy (non-hydrogen) atoms. The van der Waals surface area contributed by atoms with Gasteiger partial charge in [-0.25, -0.2) is 0 Å². The van der Waals surface area contributed by atoms with Crippen molar-refractivity contribution in [2.24, 2.45) is 5.41 Å². The van der Waals surface area contributed by atoms with E-state index in [1.165, 1.54) is 10.9 Å². The summed E-state index contributed by atoms with van der Waals surface area (Å²) in [5.74, 6) is -0.599. The van der Waals surface area contributed by atoms with Crippen LogP contribution in [0.4, 0.5) is 0 Å². The molecule has 2 aliphatic rings. The zero-order valence-electron chi connectivity index (χ0n) is 15.2. The third-order valence-corrected chi connectivity index (χ3v) is 6.60. The van der Waals surface area contributed by atoms with Crippen LogP contribution in [0.15, 0.2) is 30.5 Å². The Bertz CT molecular complexity index is 843. The van der Waals surface area contributed by atoms with Gasteiger partial charge in [-0.3, -0.25) is 9.59 Å². The highest BCUT2D eigenvalue weighted by Gasteiger charge is 2.60. The number of benzene rings is 1. The fourth-order valence-corrected chi connectivity index (χ4v) is 5.22. The lowest BCUT2D eigenvalue weighted by Gasteiger charge is -2.32. The summed E-state index contributed by atoms with van der Waals surface area (Å²) in [7, 11) is 0. The highest BCUT2D eigenvalue weighted by atomic mass is 16.4. The molecule has 2 aromatic rings. The summed E-state index contributed by atoms with van der Waals surface area (Å²) >= 11 is 0. The second-order valence-corrected chi connectivity index (χ2v) is 7.78. The molecule has 1 aromatic carbocycles. The zero-order valence-corrected chi connectivity index (χ0v) is 15.2. The number of aliphatic carboxylic acids is 1. The van der Waals surface area contributed by atoms with Gasteiger partial charge in [0.25, 0.3) is 0 Å². The van der Waals surface area contributed by atoms with Crippen LogP contribution in [-0.2, 0) is 16.0 Å². The number of carbonyl (C=O) groups excluding carboxylic acids is 1. The lowest BCUT2D eigenvalue weighted by atomic mass is 9.72. The van der Waals surface area contributed by atoms with Crippen molar-refractivity contribution in [3.05, 3.63) is 36.0 Å². The second kappa shape index (κ2) is 6.45. The van der Waals surface area contributed by atoms with E-state index in [0.29, 0.717) is 19.3 Å². The molecule has 2 saturated heterocycles. The van der Waals surface area contributed by atoms with Crippen molar-refractivity contribution in [3.8, 4) is 0 Å². The number of nitrogens with zero attached hydrogens (tertiary/aromatic N) is 1. The Hall–Kier alpha value is -2.30. The van der Waals surface area contributed by atoms with Gasteiger partial charge in [-0.05, 0) is 50.2 Å². The molecule has 3 atom stereocenters. The smallest absolute Gasteiger partial charge is 0.311 e. The van der Waals surface area contributed by atoms with Gasteiger partial charge in [-0.2, -0.15) is 0 Å². The van der Waals surface area contributed by atoms with Crippen molar-refractivity contribution >= 4 is 22.8 Å². The number of hydrogen-bond donors (Lipinski definition) is 2. The van der Waals surface area contributed by atoms with E-state index >= 15 is 0 Å². The van der Waals surface area contributed by atoms with Crippen LogP contribution in [-0.4, -0.2) is 39.0 Å². The van der Waals surface area contributed by atoms with Crippen LogP contribution in [0.25, 0.3) is 10.9 Å². The number of carbonyl (C=O) groups is 2. The molecule has 0 saturated carbocycles. The summed E-state index contributed by atoms with van der Waals surface area (Å²) in [5, 5.41) is 11.0. The van der Waals surface area contributed by atoms with E-state index in [1.807, 2.05) is 30.2 Å². The van der Waals surface area contributed by atoms with Crippen molar-refractivity contribution in [2.75, 3.05) is 0 Å². The number of fused-ring (bicyclic) bond motifs is 3. The summed E-state index contributed by atoms with van der Waals surface area (Å²) in [6, 6.07) is 8.21. The fraction of sp³-hybridized carbons (Fsp3) is 0.524. The predicted molar refractivity (Wildman–Crippen MR) is 99.9 cm³/mol. The molecule has 4 rings (SSSR count). The topological polar surface area (TPSA) is 73.4 Å². The highest BCUT2D eigenvalue weighted by Crippen LogP contribution is 2.52. The molecule has 5 nitrogen and oxygen atoms in total. The van der Waals surface area contributed by atoms with E-state index in [1.54, 1.807) is 0 Å². The van der Waals surface area contributed by atoms with Gasteiger partial charge in [0.05, 0.1) is 5.41 Å². The normalized spacial score (nSPS) is 27.3. The van der Waals surface area contributed by atoms with Crippen molar-refractivity contribution in [2.45, 2.75) is 64.0 Å². The number of hydrogen-bond acceptors (Lipinski definition) is 2. The van der Waals surface area contributed by atoms with Crippen LogP contribution in [0.5, 0.6) is 0 Å². The van der Waals surface area contributed by atoms with E-state index in [-0.39, 0.29) is 18.0 Å². The summed E-state index contributed by atoms with van der Waals surface area (Å²) < 4.78 is 0. The minimum absolute atomic E-state index is 0.115. The fourth-order valence-electron chi connectivity index (χ4n) is 5.22. The average Bonchev–Trinajstić information content (AvgIpc) is 3.33. The lowest BCUT2D eigenvalue weighted by molar-refractivity contribution is -0.151. The molecule has 0 spiro atoms. The summed E-state index contributed by atoms with van der Waals surface area (Å²) in [4.78, 5) is 29.9. The van der Waals surface area contributed by atoms with Crippen molar-refractivity contribution in [1.82, 2.24) is 9.88 Å². The molecule has 2 bridgehead atoms. The molecule has 2 fully saturated rings. The Morgan fingerprint density at radius 1 is 1.31 bits per heavy atom. The second-order valence-electron chi connectivity index (χ2n) is 7.78. The molecule has 0 aliphatic carbocycles. The molecule has 0 unspecified atom stereocenters. The van der Waals surface area contributed by atoms with Crippen molar-refractivity contribution < 1.29 is 14.7 Å². The molecule has 3 heterocycles. The van der Waals surface area contributed by atoms with Crippen LogP contribution >= 0.6 is 0 Å². The Balaban J connectivity index is 1.41. The molecular weight excluding hydrogens is 328 g/mol. The molecule has 138 valence electrons. The Kier molecular flexibility index (Phi) is 4.25. The van der Waals surface area contributed by atoms with E-state index < -0.39 is 11.4 Å². The first kappa shape index (κ1) is 17.1. The summed E-state index contributed by atoms with van der Waals surface area (Å²) in [5.41, 5.74) is 1.64. The quantitative estimate of drug-likeness (QED) is 0.830. The monoisotopic (exact) mass is 354 g/mol. The number of para-hydroxylation sites is 1. The highest BCUT2D eigenvalue weighted by molar-refractivity contribution is 5.84. The van der Waals surface area contributed by atoms with Crippen LogP contribution in [0, 0.1) is 5.41 Å². The van der Waals surface area contributed by atoms with Crippen molar-refractivity contribution in [3.63, 3.8) is 0 Å². The number of amides is 1. The number of aromatic amines is 1. The Labute approximate surface area is 153 Å². The minimum atomic E-state index is -0.733. The number of aromatic nitrogens is 1. The van der Waals surface area contributed by atoms with Gasteiger partial charge in [-0.1, -0.05) is 25.1 Å². The van der Waals surface area contributed by atoms with E-state index in [9.17, 15) is 14.7 Å².